The Labute approximate surface area is 140 Å². The van der Waals surface area contributed by atoms with Crippen LogP contribution < -0.4 is 5.73 Å². The Morgan fingerprint density at radius 3 is 2.50 bits per heavy atom. The van der Waals surface area contributed by atoms with Crippen molar-refractivity contribution in [3.05, 3.63) is 0 Å². The van der Waals surface area contributed by atoms with Crippen LogP contribution in [0.5, 0.6) is 0 Å². The Kier molecular flexibility index (Phi) is 7.96. The number of likely N-dealkylation sites (tertiary alicyclic amines) is 2. The van der Waals surface area contributed by atoms with Gasteiger partial charge in [0.15, 0.2) is 5.96 Å². The van der Waals surface area contributed by atoms with Crippen LogP contribution >= 0.6 is 12.4 Å². The molecule has 3 N–H and O–H groups in total. The number of nitrogens with zero attached hydrogens (tertiary/aromatic N) is 3. The number of nitrogens with two attached hydrogens (primary N) is 1. The quantitative estimate of drug-likeness (QED) is 0.598. The third-order valence-electron chi connectivity index (χ3n) is 4.35. The van der Waals surface area contributed by atoms with Crippen molar-refractivity contribution in [2.24, 2.45) is 16.6 Å². The van der Waals surface area contributed by atoms with Gasteiger partial charge in [0.1, 0.15) is 0 Å². The summed E-state index contributed by atoms with van der Waals surface area (Å²) in [5.74, 6) is 1.43. The van der Waals surface area contributed by atoms with E-state index >= 15 is 0 Å². The predicted octanol–water partition coefficient (Wildman–Crippen LogP) is 1.89. The molecule has 7 heteroatoms. The van der Waals surface area contributed by atoms with E-state index in [-0.39, 0.29) is 12.4 Å². The molecule has 1 atom stereocenters. The van der Waals surface area contributed by atoms with Crippen LogP contribution in [0, 0.1) is 11.3 Å². The summed E-state index contributed by atoms with van der Waals surface area (Å²) in [4.78, 5) is 8.42. The molecule has 128 valence electrons. The smallest absolute Gasteiger partial charge is 0.221 e. The molecule has 22 heavy (non-hydrogen) atoms. The van der Waals surface area contributed by atoms with Crippen LogP contribution in [-0.2, 0) is 4.74 Å². The highest BCUT2D eigenvalue weighted by molar-refractivity contribution is 5.92. The highest BCUT2D eigenvalue weighted by Gasteiger charge is 2.22. The molecule has 2 aliphatic heterocycles. The molecule has 0 radical (unpaired) electrons. The van der Waals surface area contributed by atoms with Gasteiger partial charge in [0, 0.05) is 32.8 Å². The molecule has 0 aromatic rings. The molecule has 1 unspecified atom stereocenters. The van der Waals surface area contributed by atoms with Gasteiger partial charge in [0.2, 0.25) is 5.96 Å². The van der Waals surface area contributed by atoms with Gasteiger partial charge < -0.3 is 20.3 Å². The van der Waals surface area contributed by atoms with Gasteiger partial charge in [0.25, 0.3) is 0 Å². The van der Waals surface area contributed by atoms with Crippen molar-refractivity contribution in [2.75, 3.05) is 32.8 Å². The number of nitrogens with one attached hydrogen (secondary N) is 1. The molecule has 0 spiro atoms. The van der Waals surface area contributed by atoms with Crippen LogP contribution in [0.1, 0.15) is 39.5 Å². The molecule has 2 rings (SSSR count). The standard InChI is InChI=1S/C15H29N5O.ClH/c1-3-21-13-6-9-19(10-7-13)14(16)18-15(17)20-8-4-5-12(2)11-20;/h12-13H,3-11H2,1-2H3,(H3,16,17,18);1H. The zero-order valence-electron chi connectivity index (χ0n) is 13.8. The Morgan fingerprint density at radius 1 is 1.23 bits per heavy atom. The lowest BCUT2D eigenvalue weighted by Crippen LogP contribution is -2.46. The fourth-order valence-corrected chi connectivity index (χ4v) is 3.12. The maximum absolute atomic E-state index is 8.13. The number of hydrogen-bond acceptors (Lipinski definition) is 2. The Morgan fingerprint density at radius 2 is 1.91 bits per heavy atom. The molecule has 0 aromatic carbocycles. The molecule has 2 heterocycles. The summed E-state index contributed by atoms with van der Waals surface area (Å²) in [5, 5.41) is 8.13. The second kappa shape index (κ2) is 9.20. The molecule has 0 aromatic heterocycles. The maximum atomic E-state index is 8.13. The second-order valence-electron chi connectivity index (χ2n) is 6.13. The van der Waals surface area contributed by atoms with Crippen LogP contribution in [0.3, 0.4) is 0 Å². The minimum Gasteiger partial charge on any atom is -0.378 e. The molecular weight excluding hydrogens is 302 g/mol. The Bertz CT molecular complexity index is 382. The van der Waals surface area contributed by atoms with Gasteiger partial charge >= 0.3 is 0 Å². The van der Waals surface area contributed by atoms with Crippen molar-refractivity contribution in [2.45, 2.75) is 45.6 Å². The molecule has 0 amide bonds. The van der Waals surface area contributed by atoms with E-state index in [1.165, 1.54) is 6.42 Å². The van der Waals surface area contributed by atoms with Crippen molar-refractivity contribution in [1.29, 1.82) is 5.41 Å². The Hall–Kier alpha value is -1.01. The van der Waals surface area contributed by atoms with E-state index in [2.05, 4.69) is 16.8 Å². The van der Waals surface area contributed by atoms with Crippen LogP contribution in [0.15, 0.2) is 4.99 Å². The fraction of sp³-hybridized carbons (Fsp3) is 0.867. The zero-order chi connectivity index (χ0) is 15.2. The summed E-state index contributed by atoms with van der Waals surface area (Å²) in [6, 6.07) is 0. The topological polar surface area (TPSA) is 77.9 Å². The van der Waals surface area contributed by atoms with Crippen molar-refractivity contribution >= 4 is 24.3 Å². The molecule has 2 fully saturated rings. The van der Waals surface area contributed by atoms with Gasteiger partial charge in [-0.15, -0.1) is 12.4 Å². The van der Waals surface area contributed by atoms with Gasteiger partial charge in [0.05, 0.1) is 6.10 Å². The largest absolute Gasteiger partial charge is 0.378 e. The first-order valence-electron chi connectivity index (χ1n) is 8.14. The number of halogens is 1. The average Bonchev–Trinajstić information content (AvgIpc) is 2.48. The minimum atomic E-state index is 0. The zero-order valence-corrected chi connectivity index (χ0v) is 14.6. The van der Waals surface area contributed by atoms with Crippen LogP contribution in [0.25, 0.3) is 0 Å². The van der Waals surface area contributed by atoms with Gasteiger partial charge in [-0.2, -0.15) is 4.99 Å². The number of hydrogen-bond donors (Lipinski definition) is 2. The molecule has 6 nitrogen and oxygen atoms in total. The maximum Gasteiger partial charge on any atom is 0.221 e. The SMILES string of the molecule is CCOC1CCN(C(N)=NC(=N)N2CCCC(C)C2)CC1.Cl. The molecule has 0 saturated carbocycles. The van der Waals surface area contributed by atoms with Gasteiger partial charge in [-0.05, 0) is 38.5 Å². The third kappa shape index (κ3) is 5.32. The normalized spacial score (nSPS) is 24.1. The summed E-state index contributed by atoms with van der Waals surface area (Å²) in [5.41, 5.74) is 6.08. The second-order valence-corrected chi connectivity index (χ2v) is 6.13. The lowest BCUT2D eigenvalue weighted by molar-refractivity contribution is 0.0267. The first kappa shape index (κ1) is 19.0. The molecular formula is C15H30ClN5O. The highest BCUT2D eigenvalue weighted by Crippen LogP contribution is 2.16. The molecule has 0 aliphatic carbocycles. The summed E-state index contributed by atoms with van der Waals surface area (Å²) >= 11 is 0. The number of guanidine groups is 2. The van der Waals surface area contributed by atoms with Crippen molar-refractivity contribution in [3.8, 4) is 0 Å². The van der Waals surface area contributed by atoms with Gasteiger partial charge in [-0.3, -0.25) is 5.41 Å². The first-order chi connectivity index (χ1) is 10.1. The lowest BCUT2D eigenvalue weighted by atomic mass is 10.0. The minimum absolute atomic E-state index is 0. The van der Waals surface area contributed by atoms with Crippen molar-refractivity contribution in [3.63, 3.8) is 0 Å². The van der Waals surface area contributed by atoms with Crippen molar-refractivity contribution in [1.82, 2.24) is 9.80 Å². The third-order valence-corrected chi connectivity index (χ3v) is 4.35. The molecule has 2 saturated heterocycles. The van der Waals surface area contributed by atoms with Crippen molar-refractivity contribution < 1.29 is 4.74 Å². The van der Waals surface area contributed by atoms with E-state index < -0.39 is 0 Å². The lowest BCUT2D eigenvalue weighted by Gasteiger charge is -2.34. The Balaban J connectivity index is 0.00000242. The summed E-state index contributed by atoms with van der Waals surface area (Å²) < 4.78 is 5.64. The van der Waals surface area contributed by atoms with Gasteiger partial charge in [-0.25, -0.2) is 0 Å². The van der Waals surface area contributed by atoms with Crippen LogP contribution in [0.2, 0.25) is 0 Å². The van der Waals surface area contributed by atoms with E-state index in [0.29, 0.717) is 23.9 Å². The van der Waals surface area contributed by atoms with E-state index in [4.69, 9.17) is 15.9 Å². The summed E-state index contributed by atoms with van der Waals surface area (Å²) in [6.45, 7) is 8.60. The van der Waals surface area contributed by atoms with Crippen LogP contribution in [0.4, 0.5) is 0 Å². The first-order valence-corrected chi connectivity index (χ1v) is 8.14. The average molecular weight is 332 g/mol. The fourth-order valence-electron chi connectivity index (χ4n) is 3.12. The predicted molar refractivity (Wildman–Crippen MR) is 92.8 cm³/mol. The number of piperidine rings is 2. The number of rotatable bonds is 2. The van der Waals surface area contributed by atoms with E-state index in [9.17, 15) is 0 Å². The molecule has 0 bridgehead atoms. The van der Waals surface area contributed by atoms with E-state index in [0.717, 1.165) is 52.0 Å². The van der Waals surface area contributed by atoms with Gasteiger partial charge in [-0.1, -0.05) is 6.92 Å². The summed E-state index contributed by atoms with van der Waals surface area (Å²) in [7, 11) is 0. The monoisotopic (exact) mass is 331 g/mol. The van der Waals surface area contributed by atoms with Crippen LogP contribution in [-0.4, -0.2) is 60.6 Å². The molecule has 2 aliphatic rings. The number of ether oxygens (including phenoxy) is 1. The highest BCUT2D eigenvalue weighted by atomic mass is 35.5. The van der Waals surface area contributed by atoms with E-state index in [1.54, 1.807) is 0 Å². The summed E-state index contributed by atoms with van der Waals surface area (Å²) in [6.07, 6.45) is 4.70. The van der Waals surface area contributed by atoms with E-state index in [1.807, 2.05) is 11.8 Å². The number of aliphatic imine (C=N–C) groups is 1.